The first-order valence-corrected chi connectivity index (χ1v) is 12.2. The number of rotatable bonds is 4. The van der Waals surface area contributed by atoms with E-state index in [0.717, 1.165) is 47.0 Å². The zero-order valence-corrected chi connectivity index (χ0v) is 18.3. The maximum absolute atomic E-state index is 13.6. The zero-order valence-electron chi connectivity index (χ0n) is 16.7. The molecule has 1 N–H and O–H groups in total. The molecule has 0 bridgehead atoms. The van der Waals surface area contributed by atoms with Crippen molar-refractivity contribution in [2.45, 2.75) is 44.4 Å². The summed E-state index contributed by atoms with van der Waals surface area (Å²) in [5.41, 5.74) is 3.11. The molecule has 5 rings (SSSR count). The number of amides is 1. The molecule has 8 heteroatoms. The number of carbonyl (C=O) groups is 1. The number of hydrogen-bond acceptors (Lipinski definition) is 5. The highest BCUT2D eigenvalue weighted by atomic mass is 32.2. The van der Waals surface area contributed by atoms with Gasteiger partial charge in [0.1, 0.15) is 16.5 Å². The second kappa shape index (κ2) is 7.81. The lowest BCUT2D eigenvalue weighted by molar-refractivity contribution is -0.130. The number of nitrogens with zero attached hydrogens (tertiary/aromatic N) is 2. The number of fused-ring (bicyclic) bond motifs is 4. The van der Waals surface area contributed by atoms with Crippen LogP contribution < -0.4 is 5.56 Å². The van der Waals surface area contributed by atoms with Crippen LogP contribution in [0.3, 0.4) is 0 Å². The Morgan fingerprint density at radius 1 is 1.37 bits per heavy atom. The van der Waals surface area contributed by atoms with Crippen LogP contribution in [0.2, 0.25) is 0 Å². The molecule has 30 heavy (non-hydrogen) atoms. The smallest absolute Gasteiger partial charge is 0.259 e. The van der Waals surface area contributed by atoms with E-state index in [2.05, 4.69) is 9.97 Å². The fraction of sp³-hybridized carbons (Fsp3) is 0.409. The Balaban J connectivity index is 1.25. The van der Waals surface area contributed by atoms with Gasteiger partial charge in [-0.1, -0.05) is 6.07 Å². The summed E-state index contributed by atoms with van der Waals surface area (Å²) in [6, 6.07) is 4.69. The van der Waals surface area contributed by atoms with E-state index in [-0.39, 0.29) is 23.3 Å². The van der Waals surface area contributed by atoms with Crippen LogP contribution in [0.5, 0.6) is 0 Å². The molecule has 5 nitrogen and oxygen atoms in total. The number of aromatic nitrogens is 2. The van der Waals surface area contributed by atoms with Gasteiger partial charge in [-0.15, -0.1) is 23.1 Å². The van der Waals surface area contributed by atoms with Gasteiger partial charge in [-0.05, 0) is 61.4 Å². The fourth-order valence-corrected chi connectivity index (χ4v) is 6.61. The summed E-state index contributed by atoms with van der Waals surface area (Å²) < 4.78 is 13.6. The van der Waals surface area contributed by atoms with Gasteiger partial charge in [0.25, 0.3) is 5.56 Å². The van der Waals surface area contributed by atoms with E-state index >= 15 is 0 Å². The minimum atomic E-state index is -0.269. The second-order valence-corrected chi connectivity index (χ2v) is 9.97. The van der Waals surface area contributed by atoms with E-state index in [1.54, 1.807) is 11.3 Å². The third-order valence-corrected chi connectivity index (χ3v) is 8.17. The van der Waals surface area contributed by atoms with Gasteiger partial charge in [0.2, 0.25) is 5.91 Å². The number of hydrogen-bond donors (Lipinski definition) is 1. The molecule has 0 spiro atoms. The Hall–Kier alpha value is -2.19. The number of benzene rings is 1. The second-order valence-electron chi connectivity index (χ2n) is 7.90. The van der Waals surface area contributed by atoms with Crippen LogP contribution in [0.4, 0.5) is 4.39 Å². The number of thioether (sulfide) groups is 1. The molecular weight excluding hydrogens is 421 g/mol. The molecule has 1 amide bonds. The number of H-pyrrole nitrogens is 1. The van der Waals surface area contributed by atoms with Crippen molar-refractivity contribution in [1.82, 2.24) is 14.9 Å². The number of aryl methyl sites for hydroxylation is 2. The van der Waals surface area contributed by atoms with Crippen LogP contribution in [-0.2, 0) is 29.8 Å². The van der Waals surface area contributed by atoms with Crippen molar-refractivity contribution in [2.75, 3.05) is 12.3 Å². The van der Waals surface area contributed by atoms with E-state index in [0.29, 0.717) is 23.9 Å². The molecule has 3 aromatic rings. The van der Waals surface area contributed by atoms with Crippen LogP contribution in [0.15, 0.2) is 23.0 Å². The quantitative estimate of drug-likeness (QED) is 0.662. The minimum Gasteiger partial charge on any atom is -0.335 e. The maximum Gasteiger partial charge on any atom is 0.259 e. The van der Waals surface area contributed by atoms with Gasteiger partial charge in [-0.25, -0.2) is 9.37 Å². The Labute approximate surface area is 181 Å². The van der Waals surface area contributed by atoms with Gasteiger partial charge in [-0.2, -0.15) is 0 Å². The largest absolute Gasteiger partial charge is 0.335 e. The fourth-order valence-electron chi connectivity index (χ4n) is 4.56. The normalized spacial score (nSPS) is 17.9. The molecule has 0 saturated heterocycles. The molecule has 2 aliphatic rings. The van der Waals surface area contributed by atoms with Crippen LogP contribution in [0.1, 0.15) is 46.8 Å². The van der Waals surface area contributed by atoms with Crippen molar-refractivity contribution in [3.63, 3.8) is 0 Å². The molecule has 156 valence electrons. The van der Waals surface area contributed by atoms with Crippen LogP contribution in [-0.4, -0.2) is 33.1 Å². The summed E-state index contributed by atoms with van der Waals surface area (Å²) in [5, 5.41) is 0.755. The molecule has 0 radical (unpaired) electrons. The van der Waals surface area contributed by atoms with E-state index in [9.17, 15) is 14.0 Å². The zero-order chi connectivity index (χ0) is 20.8. The summed E-state index contributed by atoms with van der Waals surface area (Å²) in [6.07, 6.45) is 3.85. The lowest BCUT2D eigenvalue weighted by Crippen LogP contribution is -2.39. The van der Waals surface area contributed by atoms with Gasteiger partial charge in [0.05, 0.1) is 22.9 Å². The average Bonchev–Trinajstić information content (AvgIpc) is 3.29. The van der Waals surface area contributed by atoms with Crippen molar-refractivity contribution in [3.05, 3.63) is 61.8 Å². The van der Waals surface area contributed by atoms with Crippen molar-refractivity contribution in [1.29, 1.82) is 0 Å². The number of carbonyl (C=O) groups excluding carboxylic acids is 1. The third-order valence-electron chi connectivity index (χ3n) is 6.06. The number of aromatic amines is 1. The van der Waals surface area contributed by atoms with E-state index in [1.807, 2.05) is 17.9 Å². The third kappa shape index (κ3) is 3.46. The predicted octanol–water partition coefficient (Wildman–Crippen LogP) is 3.99. The highest BCUT2D eigenvalue weighted by Gasteiger charge is 2.28. The van der Waals surface area contributed by atoms with E-state index in [4.69, 9.17) is 0 Å². The Morgan fingerprint density at radius 2 is 2.23 bits per heavy atom. The highest BCUT2D eigenvalue weighted by Crippen LogP contribution is 2.35. The average molecular weight is 444 g/mol. The molecular formula is C22H22FN3O2S2. The molecule has 0 saturated carbocycles. The molecule has 1 aliphatic carbocycles. The molecule has 3 heterocycles. The Bertz CT molecular complexity index is 1200. The topological polar surface area (TPSA) is 66.1 Å². The van der Waals surface area contributed by atoms with Crippen molar-refractivity contribution in [2.24, 2.45) is 0 Å². The lowest BCUT2D eigenvalue weighted by Gasteiger charge is -2.35. The van der Waals surface area contributed by atoms with Crippen molar-refractivity contribution in [3.8, 4) is 0 Å². The Kier molecular flexibility index (Phi) is 5.14. The van der Waals surface area contributed by atoms with E-state index in [1.165, 1.54) is 34.3 Å². The highest BCUT2D eigenvalue weighted by molar-refractivity contribution is 7.99. The first-order valence-electron chi connectivity index (χ1n) is 10.2. The summed E-state index contributed by atoms with van der Waals surface area (Å²) in [6.45, 7) is 2.59. The van der Waals surface area contributed by atoms with Crippen LogP contribution >= 0.6 is 23.1 Å². The predicted molar refractivity (Wildman–Crippen MR) is 119 cm³/mol. The van der Waals surface area contributed by atoms with Crippen LogP contribution in [0.25, 0.3) is 10.2 Å². The first kappa shape index (κ1) is 19.8. The molecule has 2 aromatic heterocycles. The summed E-state index contributed by atoms with van der Waals surface area (Å²) in [7, 11) is 0. The summed E-state index contributed by atoms with van der Waals surface area (Å²) >= 11 is 3.08. The summed E-state index contributed by atoms with van der Waals surface area (Å²) in [4.78, 5) is 36.8. The molecule has 1 atom stereocenters. The SMILES string of the molecule is CC1c2cc(F)ccc2CCN1C(=O)CSCc1nc2sc3c(c2c(=O)[nH]1)CCC3. The molecule has 1 unspecified atom stereocenters. The number of thiophene rings is 1. The minimum absolute atomic E-state index is 0.0286. The first-order chi connectivity index (χ1) is 14.5. The maximum atomic E-state index is 13.6. The van der Waals surface area contributed by atoms with Gasteiger partial charge in [0, 0.05) is 11.4 Å². The Morgan fingerprint density at radius 3 is 3.10 bits per heavy atom. The van der Waals surface area contributed by atoms with Gasteiger partial charge < -0.3 is 9.88 Å². The van der Waals surface area contributed by atoms with E-state index < -0.39 is 0 Å². The summed E-state index contributed by atoms with van der Waals surface area (Å²) in [5.74, 6) is 1.16. The number of halogens is 1. The molecule has 0 fully saturated rings. The monoisotopic (exact) mass is 443 g/mol. The lowest BCUT2D eigenvalue weighted by atomic mass is 9.93. The standard InChI is InChI=1S/C22H22FN3O2S2/c1-12-16-9-14(23)6-5-13(16)7-8-26(12)19(27)11-29-10-18-24-21(28)20-15-3-2-4-17(15)30-22(20)25-18/h5-6,9,12H,2-4,7-8,10-11H2,1H3,(H,24,25,28). The molecule has 1 aromatic carbocycles. The van der Waals surface area contributed by atoms with Gasteiger partial charge in [0.15, 0.2) is 0 Å². The molecule has 1 aliphatic heterocycles. The van der Waals surface area contributed by atoms with Crippen molar-refractivity contribution >= 4 is 39.2 Å². The number of nitrogens with one attached hydrogen (secondary N) is 1. The van der Waals surface area contributed by atoms with Gasteiger partial charge in [-0.3, -0.25) is 9.59 Å². The van der Waals surface area contributed by atoms with Crippen LogP contribution in [0, 0.1) is 5.82 Å². The van der Waals surface area contributed by atoms with Gasteiger partial charge >= 0.3 is 0 Å². The van der Waals surface area contributed by atoms with Crippen molar-refractivity contribution < 1.29 is 9.18 Å².